The third kappa shape index (κ3) is 3.21. The SMILES string of the molecule is Cc1nnnn1-c1cccc(NCC2CCCCN2C)c1. The molecular formula is C15H22N6. The van der Waals surface area contributed by atoms with Crippen LogP contribution in [0.2, 0.25) is 0 Å². The van der Waals surface area contributed by atoms with Gasteiger partial charge in [-0.3, -0.25) is 0 Å². The number of tetrazole rings is 1. The van der Waals surface area contributed by atoms with E-state index in [0.717, 1.165) is 23.7 Å². The summed E-state index contributed by atoms with van der Waals surface area (Å²) >= 11 is 0. The molecule has 1 fully saturated rings. The van der Waals surface area contributed by atoms with E-state index in [9.17, 15) is 0 Å². The zero-order chi connectivity index (χ0) is 14.7. The van der Waals surface area contributed by atoms with Crippen molar-refractivity contribution < 1.29 is 0 Å². The second kappa shape index (κ2) is 6.22. The lowest BCUT2D eigenvalue weighted by molar-refractivity contribution is 0.194. The number of hydrogen-bond donors (Lipinski definition) is 1. The molecule has 6 nitrogen and oxygen atoms in total. The summed E-state index contributed by atoms with van der Waals surface area (Å²) in [4.78, 5) is 2.45. The van der Waals surface area contributed by atoms with Gasteiger partial charge in [0.05, 0.1) is 5.69 Å². The van der Waals surface area contributed by atoms with Crippen LogP contribution in [0.1, 0.15) is 25.1 Å². The van der Waals surface area contributed by atoms with Crippen LogP contribution in [0.15, 0.2) is 24.3 Å². The monoisotopic (exact) mass is 286 g/mol. The highest BCUT2D eigenvalue weighted by molar-refractivity contribution is 5.51. The lowest BCUT2D eigenvalue weighted by atomic mass is 10.0. The Labute approximate surface area is 125 Å². The molecule has 0 bridgehead atoms. The smallest absolute Gasteiger partial charge is 0.153 e. The summed E-state index contributed by atoms with van der Waals surface area (Å²) in [6.07, 6.45) is 3.93. The summed E-state index contributed by atoms with van der Waals surface area (Å²) in [6.45, 7) is 4.09. The molecule has 1 aromatic carbocycles. The fraction of sp³-hybridized carbons (Fsp3) is 0.533. The maximum atomic E-state index is 4.01. The van der Waals surface area contributed by atoms with Gasteiger partial charge in [-0.05, 0) is 62.0 Å². The first-order chi connectivity index (χ1) is 10.2. The Morgan fingerprint density at radius 3 is 3.00 bits per heavy atom. The van der Waals surface area contributed by atoms with E-state index < -0.39 is 0 Å². The zero-order valence-corrected chi connectivity index (χ0v) is 12.7. The Morgan fingerprint density at radius 1 is 1.33 bits per heavy atom. The number of benzene rings is 1. The normalized spacial score (nSPS) is 19.6. The molecule has 1 aliphatic rings. The lowest BCUT2D eigenvalue weighted by Gasteiger charge is -2.32. The van der Waals surface area contributed by atoms with E-state index in [-0.39, 0.29) is 0 Å². The van der Waals surface area contributed by atoms with E-state index in [1.54, 1.807) is 4.68 Å². The largest absolute Gasteiger partial charge is 0.383 e. The van der Waals surface area contributed by atoms with Crippen LogP contribution >= 0.6 is 0 Å². The standard InChI is InChI=1S/C15H22N6/c1-12-17-18-19-21(12)14-8-5-6-13(10-14)16-11-15-7-3-4-9-20(15)2/h5-6,8,10,15-16H,3-4,7,9,11H2,1-2H3. The van der Waals surface area contributed by atoms with Crippen molar-refractivity contribution >= 4 is 5.69 Å². The molecule has 1 atom stereocenters. The zero-order valence-electron chi connectivity index (χ0n) is 12.7. The summed E-state index contributed by atoms with van der Waals surface area (Å²) in [5.41, 5.74) is 2.10. The molecule has 112 valence electrons. The van der Waals surface area contributed by atoms with Gasteiger partial charge >= 0.3 is 0 Å². The summed E-state index contributed by atoms with van der Waals surface area (Å²) < 4.78 is 1.75. The number of hydrogen-bond acceptors (Lipinski definition) is 5. The van der Waals surface area contributed by atoms with Gasteiger partial charge in [0.2, 0.25) is 0 Å². The third-order valence-electron chi connectivity index (χ3n) is 4.18. The number of aromatic nitrogens is 4. The van der Waals surface area contributed by atoms with Gasteiger partial charge in [-0.15, -0.1) is 5.10 Å². The minimum atomic E-state index is 0.622. The fourth-order valence-corrected chi connectivity index (χ4v) is 2.86. The van der Waals surface area contributed by atoms with Crippen LogP contribution in [-0.2, 0) is 0 Å². The highest BCUT2D eigenvalue weighted by atomic mass is 15.5. The molecule has 2 heterocycles. The van der Waals surface area contributed by atoms with Gasteiger partial charge in [0.15, 0.2) is 5.82 Å². The Balaban J connectivity index is 1.68. The highest BCUT2D eigenvalue weighted by Crippen LogP contribution is 2.18. The average molecular weight is 286 g/mol. The van der Waals surface area contributed by atoms with Gasteiger partial charge in [-0.1, -0.05) is 12.5 Å². The van der Waals surface area contributed by atoms with E-state index in [0.29, 0.717) is 6.04 Å². The molecule has 1 aliphatic heterocycles. The van der Waals surface area contributed by atoms with Crippen LogP contribution < -0.4 is 5.32 Å². The predicted molar refractivity (Wildman–Crippen MR) is 82.6 cm³/mol. The van der Waals surface area contributed by atoms with Crippen molar-refractivity contribution in [2.75, 3.05) is 25.5 Å². The Kier molecular flexibility index (Phi) is 4.15. The number of anilines is 1. The van der Waals surface area contributed by atoms with E-state index in [1.165, 1.54) is 25.8 Å². The molecule has 1 aromatic heterocycles. The highest BCUT2D eigenvalue weighted by Gasteiger charge is 2.18. The number of aryl methyl sites for hydroxylation is 1. The number of nitrogens with zero attached hydrogens (tertiary/aromatic N) is 5. The van der Waals surface area contributed by atoms with Crippen molar-refractivity contribution in [3.05, 3.63) is 30.1 Å². The van der Waals surface area contributed by atoms with Gasteiger partial charge in [-0.25, -0.2) is 0 Å². The molecular weight excluding hydrogens is 264 g/mol. The van der Waals surface area contributed by atoms with Crippen LogP contribution in [0.4, 0.5) is 5.69 Å². The Hall–Kier alpha value is -1.95. The van der Waals surface area contributed by atoms with Crippen LogP contribution in [0.25, 0.3) is 5.69 Å². The predicted octanol–water partition coefficient (Wildman–Crippen LogP) is 1.87. The van der Waals surface area contributed by atoms with Crippen molar-refractivity contribution in [1.29, 1.82) is 0 Å². The first-order valence-corrected chi connectivity index (χ1v) is 7.53. The topological polar surface area (TPSA) is 58.9 Å². The van der Waals surface area contributed by atoms with Gasteiger partial charge in [0.1, 0.15) is 0 Å². The number of nitrogens with one attached hydrogen (secondary N) is 1. The van der Waals surface area contributed by atoms with Crippen LogP contribution in [0, 0.1) is 6.92 Å². The Bertz CT molecular complexity index is 593. The number of likely N-dealkylation sites (N-methyl/N-ethyl adjacent to an activating group) is 1. The van der Waals surface area contributed by atoms with E-state index in [4.69, 9.17) is 0 Å². The van der Waals surface area contributed by atoms with Gasteiger partial charge in [0.25, 0.3) is 0 Å². The molecule has 1 unspecified atom stereocenters. The van der Waals surface area contributed by atoms with Crippen molar-refractivity contribution in [2.45, 2.75) is 32.2 Å². The van der Waals surface area contributed by atoms with Crippen molar-refractivity contribution in [3.63, 3.8) is 0 Å². The summed E-state index contributed by atoms with van der Waals surface area (Å²) in [5.74, 6) is 0.791. The molecule has 0 amide bonds. The molecule has 0 aliphatic carbocycles. The molecule has 0 spiro atoms. The van der Waals surface area contributed by atoms with Crippen molar-refractivity contribution in [2.24, 2.45) is 0 Å². The molecule has 1 N–H and O–H groups in total. The Morgan fingerprint density at radius 2 is 2.24 bits per heavy atom. The molecule has 1 saturated heterocycles. The van der Waals surface area contributed by atoms with E-state index in [2.05, 4.69) is 44.9 Å². The van der Waals surface area contributed by atoms with Gasteiger partial charge in [0, 0.05) is 18.3 Å². The average Bonchev–Trinajstić information content (AvgIpc) is 2.93. The fourth-order valence-electron chi connectivity index (χ4n) is 2.86. The minimum absolute atomic E-state index is 0.622. The van der Waals surface area contributed by atoms with Gasteiger partial charge < -0.3 is 10.2 Å². The number of likely N-dealkylation sites (tertiary alicyclic amines) is 1. The van der Waals surface area contributed by atoms with Gasteiger partial charge in [-0.2, -0.15) is 4.68 Å². The molecule has 0 radical (unpaired) electrons. The first kappa shape index (κ1) is 14.0. The second-order valence-electron chi connectivity index (χ2n) is 5.70. The first-order valence-electron chi connectivity index (χ1n) is 7.53. The maximum Gasteiger partial charge on any atom is 0.153 e. The summed E-state index contributed by atoms with van der Waals surface area (Å²) in [6, 6.07) is 8.85. The minimum Gasteiger partial charge on any atom is -0.383 e. The van der Waals surface area contributed by atoms with E-state index >= 15 is 0 Å². The van der Waals surface area contributed by atoms with Crippen molar-refractivity contribution in [1.82, 2.24) is 25.1 Å². The molecule has 21 heavy (non-hydrogen) atoms. The van der Waals surface area contributed by atoms with E-state index in [1.807, 2.05) is 19.1 Å². The van der Waals surface area contributed by atoms with Crippen LogP contribution in [0.5, 0.6) is 0 Å². The molecule has 0 saturated carbocycles. The quantitative estimate of drug-likeness (QED) is 0.930. The summed E-state index contributed by atoms with van der Waals surface area (Å²) in [7, 11) is 2.21. The number of rotatable bonds is 4. The lowest BCUT2D eigenvalue weighted by Crippen LogP contribution is -2.40. The third-order valence-corrected chi connectivity index (χ3v) is 4.18. The second-order valence-corrected chi connectivity index (χ2v) is 5.70. The van der Waals surface area contributed by atoms with Crippen LogP contribution in [0.3, 0.4) is 0 Å². The number of piperidine rings is 1. The van der Waals surface area contributed by atoms with Crippen molar-refractivity contribution in [3.8, 4) is 5.69 Å². The summed E-state index contributed by atoms with van der Waals surface area (Å²) in [5, 5.41) is 15.2. The molecule has 2 aromatic rings. The maximum absolute atomic E-state index is 4.01. The molecule has 3 rings (SSSR count). The van der Waals surface area contributed by atoms with Crippen LogP contribution in [-0.4, -0.2) is 51.3 Å². The molecule has 6 heteroatoms.